The van der Waals surface area contributed by atoms with Gasteiger partial charge in [-0.2, -0.15) is 0 Å². The van der Waals surface area contributed by atoms with Crippen LogP contribution in [0.1, 0.15) is 16.8 Å². The summed E-state index contributed by atoms with van der Waals surface area (Å²) in [6.45, 7) is 2.14. The third-order valence-corrected chi connectivity index (χ3v) is 3.50. The number of benzene rings is 2. The maximum absolute atomic E-state index is 5.89. The Balaban J connectivity index is 1.95. The minimum atomic E-state index is 0.784. The van der Waals surface area contributed by atoms with Crippen LogP contribution in [0.2, 0.25) is 5.02 Å². The Kier molecular flexibility index (Phi) is 2.85. The van der Waals surface area contributed by atoms with E-state index in [4.69, 9.17) is 11.6 Å². The van der Waals surface area contributed by atoms with Gasteiger partial charge in [-0.3, -0.25) is 0 Å². The van der Waals surface area contributed by atoms with Crippen molar-refractivity contribution in [3.05, 3.63) is 70.4 Å². The van der Waals surface area contributed by atoms with Gasteiger partial charge < -0.3 is 4.98 Å². The predicted molar refractivity (Wildman–Crippen MR) is 77.3 cm³/mol. The smallest absolute Gasteiger partial charge is 0.0458 e. The van der Waals surface area contributed by atoms with E-state index in [1.165, 1.54) is 27.7 Å². The predicted octanol–water partition coefficient (Wildman–Crippen LogP) is 4.72. The first-order chi connectivity index (χ1) is 8.72. The molecule has 0 atom stereocenters. The van der Waals surface area contributed by atoms with Crippen LogP contribution < -0.4 is 0 Å². The number of nitrogens with one attached hydrogen (secondary N) is 1. The monoisotopic (exact) mass is 255 g/mol. The number of aromatic amines is 1. The summed E-state index contributed by atoms with van der Waals surface area (Å²) in [5.41, 5.74) is 5.02. The van der Waals surface area contributed by atoms with E-state index in [1.807, 2.05) is 12.1 Å². The van der Waals surface area contributed by atoms with E-state index in [9.17, 15) is 0 Å². The molecule has 0 aliphatic heterocycles. The van der Waals surface area contributed by atoms with Crippen LogP contribution in [0.25, 0.3) is 10.9 Å². The summed E-state index contributed by atoms with van der Waals surface area (Å²) in [5.74, 6) is 0. The minimum Gasteiger partial charge on any atom is -0.358 e. The van der Waals surface area contributed by atoms with Crippen molar-refractivity contribution in [1.29, 1.82) is 0 Å². The molecule has 0 amide bonds. The molecule has 0 aliphatic carbocycles. The van der Waals surface area contributed by atoms with Gasteiger partial charge in [0.25, 0.3) is 0 Å². The SMILES string of the molecule is Cc1cccc2[nH]c(Cc3ccc(Cl)cc3)cc12. The van der Waals surface area contributed by atoms with Crippen molar-refractivity contribution in [1.82, 2.24) is 4.98 Å². The summed E-state index contributed by atoms with van der Waals surface area (Å²) in [7, 11) is 0. The Labute approximate surface area is 111 Å². The van der Waals surface area contributed by atoms with Gasteiger partial charge in [-0.25, -0.2) is 0 Å². The van der Waals surface area contributed by atoms with Gasteiger partial charge in [-0.1, -0.05) is 35.9 Å². The molecule has 1 nitrogen and oxygen atoms in total. The zero-order chi connectivity index (χ0) is 12.5. The fraction of sp³-hybridized carbons (Fsp3) is 0.125. The highest BCUT2D eigenvalue weighted by atomic mass is 35.5. The van der Waals surface area contributed by atoms with Gasteiger partial charge in [-0.15, -0.1) is 0 Å². The van der Waals surface area contributed by atoms with Crippen molar-refractivity contribution in [2.45, 2.75) is 13.3 Å². The molecule has 3 aromatic rings. The van der Waals surface area contributed by atoms with Gasteiger partial charge in [0.2, 0.25) is 0 Å². The van der Waals surface area contributed by atoms with E-state index >= 15 is 0 Å². The molecule has 18 heavy (non-hydrogen) atoms. The van der Waals surface area contributed by atoms with Crippen LogP contribution in [0, 0.1) is 6.92 Å². The van der Waals surface area contributed by atoms with Gasteiger partial charge in [0.05, 0.1) is 0 Å². The summed E-state index contributed by atoms with van der Waals surface area (Å²) in [4.78, 5) is 3.47. The molecule has 0 spiro atoms. The van der Waals surface area contributed by atoms with Gasteiger partial charge in [0.15, 0.2) is 0 Å². The van der Waals surface area contributed by atoms with Gasteiger partial charge in [0, 0.05) is 28.0 Å². The maximum Gasteiger partial charge on any atom is 0.0458 e. The minimum absolute atomic E-state index is 0.784. The molecule has 0 aliphatic rings. The van der Waals surface area contributed by atoms with Crippen molar-refractivity contribution in [2.75, 3.05) is 0 Å². The Morgan fingerprint density at radius 2 is 1.83 bits per heavy atom. The molecule has 0 radical (unpaired) electrons. The average molecular weight is 256 g/mol. The number of H-pyrrole nitrogens is 1. The molecule has 1 aromatic heterocycles. The molecule has 0 unspecified atom stereocenters. The molecule has 0 saturated heterocycles. The molecule has 2 aromatic carbocycles. The van der Waals surface area contributed by atoms with Crippen LogP contribution in [-0.2, 0) is 6.42 Å². The first kappa shape index (κ1) is 11.4. The zero-order valence-electron chi connectivity index (χ0n) is 10.2. The first-order valence-corrected chi connectivity index (χ1v) is 6.42. The maximum atomic E-state index is 5.89. The van der Waals surface area contributed by atoms with E-state index < -0.39 is 0 Å². The van der Waals surface area contributed by atoms with Gasteiger partial charge in [0.1, 0.15) is 0 Å². The van der Waals surface area contributed by atoms with Gasteiger partial charge in [-0.05, 0) is 42.3 Å². The quantitative estimate of drug-likeness (QED) is 0.682. The molecule has 0 saturated carbocycles. The molecule has 3 rings (SSSR count). The summed E-state index contributed by atoms with van der Waals surface area (Å²) in [5, 5.41) is 2.09. The number of rotatable bonds is 2. The van der Waals surface area contributed by atoms with Crippen molar-refractivity contribution >= 4 is 22.5 Å². The second kappa shape index (κ2) is 4.51. The lowest BCUT2D eigenvalue weighted by Crippen LogP contribution is -1.87. The van der Waals surface area contributed by atoms with E-state index in [-0.39, 0.29) is 0 Å². The molecular formula is C16H14ClN. The van der Waals surface area contributed by atoms with Crippen molar-refractivity contribution in [3.8, 4) is 0 Å². The second-order valence-corrected chi connectivity index (χ2v) is 5.07. The van der Waals surface area contributed by atoms with E-state index in [1.54, 1.807) is 0 Å². The molecule has 2 heteroatoms. The molecule has 90 valence electrons. The van der Waals surface area contributed by atoms with Crippen LogP contribution in [0.4, 0.5) is 0 Å². The highest BCUT2D eigenvalue weighted by Crippen LogP contribution is 2.21. The topological polar surface area (TPSA) is 15.8 Å². The lowest BCUT2D eigenvalue weighted by atomic mass is 10.1. The average Bonchev–Trinajstić information content (AvgIpc) is 2.76. The van der Waals surface area contributed by atoms with E-state index in [2.05, 4.69) is 48.3 Å². The van der Waals surface area contributed by atoms with Crippen molar-refractivity contribution < 1.29 is 0 Å². The van der Waals surface area contributed by atoms with E-state index in [0.29, 0.717) is 0 Å². The standard InChI is InChI=1S/C16H14ClN/c1-11-3-2-4-16-15(11)10-14(18-16)9-12-5-7-13(17)8-6-12/h2-8,10,18H,9H2,1H3. The number of fused-ring (bicyclic) bond motifs is 1. The summed E-state index contributed by atoms with van der Waals surface area (Å²) in [6, 6.07) is 16.6. The molecule has 0 bridgehead atoms. The normalized spacial score (nSPS) is 11.0. The third kappa shape index (κ3) is 2.14. The van der Waals surface area contributed by atoms with E-state index in [0.717, 1.165) is 11.4 Å². The van der Waals surface area contributed by atoms with Crippen LogP contribution in [-0.4, -0.2) is 4.98 Å². The second-order valence-electron chi connectivity index (χ2n) is 4.63. The summed E-state index contributed by atoms with van der Waals surface area (Å²) < 4.78 is 0. The highest BCUT2D eigenvalue weighted by molar-refractivity contribution is 6.30. The van der Waals surface area contributed by atoms with Crippen molar-refractivity contribution in [2.24, 2.45) is 0 Å². The van der Waals surface area contributed by atoms with Crippen LogP contribution in [0.5, 0.6) is 0 Å². The number of halogens is 1. The number of aromatic nitrogens is 1. The molecule has 1 heterocycles. The highest BCUT2D eigenvalue weighted by Gasteiger charge is 2.03. The third-order valence-electron chi connectivity index (χ3n) is 3.25. The molecule has 1 N–H and O–H groups in total. The number of hydrogen-bond donors (Lipinski definition) is 1. The number of aryl methyl sites for hydroxylation is 1. The van der Waals surface area contributed by atoms with Gasteiger partial charge >= 0.3 is 0 Å². The largest absolute Gasteiger partial charge is 0.358 e. The van der Waals surface area contributed by atoms with Crippen LogP contribution >= 0.6 is 11.6 Å². The van der Waals surface area contributed by atoms with Crippen molar-refractivity contribution in [3.63, 3.8) is 0 Å². The Bertz CT molecular complexity index is 680. The van der Waals surface area contributed by atoms with Crippen LogP contribution in [0.3, 0.4) is 0 Å². The lowest BCUT2D eigenvalue weighted by Gasteiger charge is -1.98. The molecular weight excluding hydrogens is 242 g/mol. The first-order valence-electron chi connectivity index (χ1n) is 6.04. The lowest BCUT2D eigenvalue weighted by molar-refractivity contribution is 1.12. The number of hydrogen-bond acceptors (Lipinski definition) is 0. The van der Waals surface area contributed by atoms with Crippen LogP contribution in [0.15, 0.2) is 48.5 Å². The fourth-order valence-electron chi connectivity index (χ4n) is 2.28. The summed E-state index contributed by atoms with van der Waals surface area (Å²) >= 11 is 5.89. The molecule has 0 fully saturated rings. The Hall–Kier alpha value is -1.73. The Morgan fingerprint density at radius 3 is 2.56 bits per heavy atom. The zero-order valence-corrected chi connectivity index (χ0v) is 11.0. The summed E-state index contributed by atoms with van der Waals surface area (Å²) in [6.07, 6.45) is 0.908. The Morgan fingerprint density at radius 1 is 1.06 bits per heavy atom. The fourth-order valence-corrected chi connectivity index (χ4v) is 2.41.